The number of sulfonamides is 1. The van der Waals surface area contributed by atoms with Crippen LogP contribution in [0.5, 0.6) is 11.5 Å². The minimum Gasteiger partial charge on any atom is -0.497 e. The number of amides is 2. The molecule has 2 aromatic rings. The Kier molecular flexibility index (Phi) is 11.7. The minimum absolute atomic E-state index is 0.211. The molecular weight excluding hydrogens is 494 g/mol. The van der Waals surface area contributed by atoms with Crippen molar-refractivity contribution in [2.24, 2.45) is 0 Å². The average Bonchev–Trinajstić information content (AvgIpc) is 2.89. The van der Waals surface area contributed by atoms with Gasteiger partial charge in [0, 0.05) is 19.2 Å². The first kappa shape index (κ1) is 30.0. The Morgan fingerprint density at radius 3 is 2.30 bits per heavy atom. The van der Waals surface area contributed by atoms with Gasteiger partial charge in [0.1, 0.15) is 24.1 Å². The van der Waals surface area contributed by atoms with Gasteiger partial charge in [0.05, 0.1) is 26.2 Å². The van der Waals surface area contributed by atoms with Crippen LogP contribution in [0.3, 0.4) is 0 Å². The summed E-state index contributed by atoms with van der Waals surface area (Å²) in [6.45, 7) is 4.18. The third-order valence-corrected chi connectivity index (χ3v) is 7.16. The zero-order valence-corrected chi connectivity index (χ0v) is 23.2. The molecule has 2 aromatic carbocycles. The van der Waals surface area contributed by atoms with Crippen LogP contribution in [0.15, 0.2) is 48.5 Å². The molecule has 0 aromatic heterocycles. The number of nitrogens with one attached hydrogen (secondary N) is 1. The molecule has 0 spiro atoms. The van der Waals surface area contributed by atoms with Crippen LogP contribution < -0.4 is 19.1 Å². The van der Waals surface area contributed by atoms with Gasteiger partial charge in [0.2, 0.25) is 21.8 Å². The fourth-order valence-corrected chi connectivity index (χ4v) is 4.84. The summed E-state index contributed by atoms with van der Waals surface area (Å²) < 4.78 is 37.3. The van der Waals surface area contributed by atoms with Crippen molar-refractivity contribution >= 4 is 27.5 Å². The van der Waals surface area contributed by atoms with Gasteiger partial charge in [-0.1, -0.05) is 50.6 Å². The van der Waals surface area contributed by atoms with E-state index >= 15 is 0 Å². The number of unbranched alkanes of at least 4 members (excludes halogenated alkanes) is 1. The molecule has 9 nitrogen and oxygen atoms in total. The highest BCUT2D eigenvalue weighted by molar-refractivity contribution is 7.92. The number of benzene rings is 2. The molecule has 0 heterocycles. The lowest BCUT2D eigenvalue weighted by atomic mass is 10.1. The number of hydrogen-bond donors (Lipinski definition) is 1. The largest absolute Gasteiger partial charge is 0.497 e. The third kappa shape index (κ3) is 8.66. The van der Waals surface area contributed by atoms with E-state index < -0.39 is 28.5 Å². The van der Waals surface area contributed by atoms with E-state index in [0.717, 1.165) is 29.0 Å². The SMILES string of the molecule is CCCCNC(=O)[C@H](CC)N(CCc1ccccc1)C(=O)CN(c1ccc(OC)cc1OC)S(C)(=O)=O. The van der Waals surface area contributed by atoms with Crippen molar-refractivity contribution in [1.82, 2.24) is 10.2 Å². The molecule has 2 rings (SSSR count). The molecule has 2 amide bonds. The lowest BCUT2D eigenvalue weighted by Crippen LogP contribution is -2.53. The summed E-state index contributed by atoms with van der Waals surface area (Å²) >= 11 is 0. The minimum atomic E-state index is -3.87. The molecule has 0 radical (unpaired) electrons. The molecule has 204 valence electrons. The van der Waals surface area contributed by atoms with Gasteiger partial charge in [-0.15, -0.1) is 0 Å². The number of hydrogen-bond acceptors (Lipinski definition) is 6. The van der Waals surface area contributed by atoms with E-state index in [1.54, 1.807) is 12.1 Å². The summed E-state index contributed by atoms with van der Waals surface area (Å²) in [5, 5.41) is 2.92. The molecule has 0 aliphatic heterocycles. The quantitative estimate of drug-likeness (QED) is 0.353. The summed E-state index contributed by atoms with van der Waals surface area (Å²) in [6.07, 6.45) is 3.71. The normalized spacial score (nSPS) is 11.9. The topological polar surface area (TPSA) is 105 Å². The fourth-order valence-electron chi connectivity index (χ4n) is 3.99. The van der Waals surface area contributed by atoms with Gasteiger partial charge in [-0.2, -0.15) is 0 Å². The van der Waals surface area contributed by atoms with Crippen LogP contribution in [0.2, 0.25) is 0 Å². The van der Waals surface area contributed by atoms with Gasteiger partial charge < -0.3 is 19.7 Å². The van der Waals surface area contributed by atoms with Gasteiger partial charge in [0.15, 0.2) is 0 Å². The second kappa shape index (κ2) is 14.5. The maximum Gasteiger partial charge on any atom is 0.244 e. The van der Waals surface area contributed by atoms with Gasteiger partial charge in [0.25, 0.3) is 0 Å². The van der Waals surface area contributed by atoms with Crippen molar-refractivity contribution in [3.63, 3.8) is 0 Å². The first-order chi connectivity index (χ1) is 17.7. The van der Waals surface area contributed by atoms with Crippen LogP contribution in [0.4, 0.5) is 5.69 Å². The van der Waals surface area contributed by atoms with E-state index in [0.29, 0.717) is 25.1 Å². The van der Waals surface area contributed by atoms with Crippen molar-refractivity contribution in [3.8, 4) is 11.5 Å². The van der Waals surface area contributed by atoms with Crippen molar-refractivity contribution < 1.29 is 27.5 Å². The Balaban J connectivity index is 2.40. The number of rotatable bonds is 15. The summed E-state index contributed by atoms with van der Waals surface area (Å²) in [5.74, 6) is 0.0134. The molecule has 0 unspecified atom stereocenters. The number of methoxy groups -OCH3 is 2. The average molecular weight is 534 g/mol. The molecule has 37 heavy (non-hydrogen) atoms. The molecule has 0 aliphatic carbocycles. The van der Waals surface area contributed by atoms with Crippen molar-refractivity contribution in [1.29, 1.82) is 0 Å². The lowest BCUT2D eigenvalue weighted by Gasteiger charge is -2.33. The zero-order valence-electron chi connectivity index (χ0n) is 22.4. The first-order valence-corrected chi connectivity index (χ1v) is 14.3. The number of anilines is 1. The third-order valence-electron chi connectivity index (χ3n) is 6.03. The number of carbonyl (C=O) groups is 2. The van der Waals surface area contributed by atoms with Crippen LogP contribution >= 0.6 is 0 Å². The van der Waals surface area contributed by atoms with Gasteiger partial charge in [-0.05, 0) is 37.0 Å². The van der Waals surface area contributed by atoms with Crippen molar-refractivity contribution in [3.05, 3.63) is 54.1 Å². The molecular formula is C27H39N3O6S. The Hall–Kier alpha value is -3.27. The maximum atomic E-state index is 13.7. The summed E-state index contributed by atoms with van der Waals surface area (Å²) in [7, 11) is -0.961. The molecule has 1 atom stereocenters. The summed E-state index contributed by atoms with van der Waals surface area (Å²) in [5.41, 5.74) is 1.22. The monoisotopic (exact) mass is 533 g/mol. The molecule has 0 fully saturated rings. The van der Waals surface area contributed by atoms with Gasteiger partial charge >= 0.3 is 0 Å². The Morgan fingerprint density at radius 2 is 1.73 bits per heavy atom. The maximum absolute atomic E-state index is 13.7. The highest BCUT2D eigenvalue weighted by Gasteiger charge is 2.32. The van der Waals surface area contributed by atoms with Crippen LogP contribution in [-0.2, 0) is 26.0 Å². The van der Waals surface area contributed by atoms with E-state index in [1.807, 2.05) is 44.2 Å². The molecule has 1 N–H and O–H groups in total. The van der Waals surface area contributed by atoms with Gasteiger partial charge in [-0.3, -0.25) is 13.9 Å². The van der Waals surface area contributed by atoms with Crippen LogP contribution in [0.1, 0.15) is 38.7 Å². The zero-order chi connectivity index (χ0) is 27.4. The molecule has 0 bridgehead atoms. The van der Waals surface area contributed by atoms with E-state index in [-0.39, 0.29) is 23.9 Å². The smallest absolute Gasteiger partial charge is 0.244 e. The molecule has 10 heteroatoms. The van der Waals surface area contributed by atoms with Crippen LogP contribution in [0, 0.1) is 0 Å². The number of carbonyl (C=O) groups excluding carboxylic acids is 2. The second-order valence-corrected chi connectivity index (χ2v) is 10.6. The van der Waals surface area contributed by atoms with E-state index in [4.69, 9.17) is 9.47 Å². The Bertz CT molecular complexity index is 1120. The summed E-state index contributed by atoms with van der Waals surface area (Å²) in [6, 6.07) is 13.6. The number of ether oxygens (including phenoxy) is 2. The van der Waals surface area contributed by atoms with E-state index in [9.17, 15) is 18.0 Å². The molecule has 0 saturated carbocycles. The van der Waals surface area contributed by atoms with E-state index in [2.05, 4.69) is 5.32 Å². The Labute approximate surface area is 220 Å². The molecule has 0 aliphatic rings. The van der Waals surface area contributed by atoms with Crippen LogP contribution in [0.25, 0.3) is 0 Å². The lowest BCUT2D eigenvalue weighted by molar-refractivity contribution is -0.139. The standard InChI is InChI=1S/C27H39N3O6S/c1-6-8-17-28-27(32)23(7-2)29(18-16-21-12-10-9-11-13-21)26(31)20-30(37(5,33)34)24-15-14-22(35-3)19-25(24)36-4/h9-15,19,23H,6-8,16-18,20H2,1-5H3,(H,28,32)/t23-/m0/s1. The second-order valence-electron chi connectivity index (χ2n) is 8.70. The van der Waals surface area contributed by atoms with Crippen LogP contribution in [-0.4, -0.2) is 71.3 Å². The van der Waals surface area contributed by atoms with Gasteiger partial charge in [-0.25, -0.2) is 8.42 Å². The highest BCUT2D eigenvalue weighted by atomic mass is 32.2. The Morgan fingerprint density at radius 1 is 1.03 bits per heavy atom. The highest BCUT2D eigenvalue weighted by Crippen LogP contribution is 2.33. The predicted octanol–water partition coefficient (Wildman–Crippen LogP) is 3.24. The van der Waals surface area contributed by atoms with E-state index in [1.165, 1.54) is 25.2 Å². The van der Waals surface area contributed by atoms with Crippen molar-refractivity contribution in [2.45, 2.75) is 45.6 Å². The fraction of sp³-hybridized carbons (Fsp3) is 0.481. The number of nitrogens with zero attached hydrogens (tertiary/aromatic N) is 2. The molecule has 0 saturated heterocycles. The first-order valence-electron chi connectivity index (χ1n) is 12.5. The summed E-state index contributed by atoms with van der Waals surface area (Å²) in [4.78, 5) is 28.3. The van der Waals surface area contributed by atoms with Crippen molar-refractivity contribution in [2.75, 3.05) is 44.4 Å². The predicted molar refractivity (Wildman–Crippen MR) is 146 cm³/mol.